The monoisotopic (exact) mass is 458 g/mol. The third-order valence-corrected chi connectivity index (χ3v) is 7.48. The molecule has 0 spiro atoms. The number of carbonyl (C=O) groups excluding carboxylic acids is 1. The van der Waals surface area contributed by atoms with Crippen molar-refractivity contribution in [3.8, 4) is 11.5 Å². The molecule has 1 amide bonds. The number of ether oxygens (including phenoxy) is 2. The molecule has 178 valence electrons. The van der Waals surface area contributed by atoms with Crippen molar-refractivity contribution in [2.75, 3.05) is 57.6 Å². The second-order valence-corrected chi connectivity index (χ2v) is 9.17. The first-order valence-electron chi connectivity index (χ1n) is 11.6. The maximum atomic E-state index is 15.1. The van der Waals surface area contributed by atoms with Crippen molar-refractivity contribution >= 4 is 28.6 Å². The van der Waals surface area contributed by atoms with Crippen LogP contribution in [-0.4, -0.2) is 73.8 Å². The van der Waals surface area contributed by atoms with Crippen LogP contribution in [0, 0.1) is 17.7 Å². The van der Waals surface area contributed by atoms with Crippen LogP contribution in [0.25, 0.3) is 10.9 Å². The highest BCUT2D eigenvalue weighted by Crippen LogP contribution is 2.39. The van der Waals surface area contributed by atoms with Crippen LogP contribution < -0.4 is 25.4 Å². The van der Waals surface area contributed by atoms with Gasteiger partial charge < -0.3 is 30.3 Å². The van der Waals surface area contributed by atoms with E-state index in [-0.39, 0.29) is 28.7 Å². The quantitative estimate of drug-likeness (QED) is 0.699. The predicted molar refractivity (Wildman–Crippen MR) is 123 cm³/mol. The summed E-state index contributed by atoms with van der Waals surface area (Å²) in [6.45, 7) is 3.33. The first-order valence-corrected chi connectivity index (χ1v) is 11.6. The molecule has 1 saturated carbocycles. The number of carbonyl (C=O) groups is 1. The van der Waals surface area contributed by atoms with E-state index in [0.29, 0.717) is 55.9 Å². The second kappa shape index (κ2) is 8.81. The van der Waals surface area contributed by atoms with Crippen LogP contribution in [0.3, 0.4) is 0 Å². The maximum Gasteiger partial charge on any atom is 0.228 e. The van der Waals surface area contributed by atoms with Crippen molar-refractivity contribution in [2.24, 2.45) is 11.8 Å². The van der Waals surface area contributed by atoms with Crippen LogP contribution >= 0.6 is 0 Å². The molecule has 2 aliphatic heterocycles. The standard InChI is InChI=1S/C23H31FN6O3/c1-32-17-10-15-20(19(24)21(17)33-2)27-23(28-22(15)25)30-8-6-29(7-9-30)18(31)11-16-14-5-3-4-13(14)12-26-16/h10,13-14,16,26H,3-9,11-12H2,1-2H3,(H2,25,27,28)/t13-,14-,16-/m0/s1. The Morgan fingerprint density at radius 2 is 2.00 bits per heavy atom. The molecule has 0 bridgehead atoms. The zero-order chi connectivity index (χ0) is 23.1. The van der Waals surface area contributed by atoms with Crippen molar-refractivity contribution in [1.82, 2.24) is 20.2 Å². The number of hydrogen-bond donors (Lipinski definition) is 2. The third kappa shape index (κ3) is 3.90. The van der Waals surface area contributed by atoms with E-state index >= 15 is 4.39 Å². The minimum absolute atomic E-state index is 0.0190. The highest BCUT2D eigenvalue weighted by Gasteiger charge is 2.40. The summed E-state index contributed by atoms with van der Waals surface area (Å²) in [5.74, 6) is 1.69. The smallest absolute Gasteiger partial charge is 0.228 e. The van der Waals surface area contributed by atoms with Gasteiger partial charge in [0.1, 0.15) is 11.3 Å². The van der Waals surface area contributed by atoms with Gasteiger partial charge >= 0.3 is 0 Å². The fourth-order valence-corrected chi connectivity index (χ4v) is 5.68. The lowest BCUT2D eigenvalue weighted by molar-refractivity contribution is -0.132. The van der Waals surface area contributed by atoms with Gasteiger partial charge in [0.15, 0.2) is 17.3 Å². The molecule has 3 fully saturated rings. The summed E-state index contributed by atoms with van der Waals surface area (Å²) < 4.78 is 25.4. The summed E-state index contributed by atoms with van der Waals surface area (Å²) in [5.41, 5.74) is 6.23. The second-order valence-electron chi connectivity index (χ2n) is 9.17. The van der Waals surface area contributed by atoms with E-state index in [4.69, 9.17) is 15.2 Å². The topological polar surface area (TPSA) is 106 Å². The van der Waals surface area contributed by atoms with E-state index in [9.17, 15) is 4.79 Å². The molecule has 10 heteroatoms. The zero-order valence-corrected chi connectivity index (χ0v) is 19.1. The van der Waals surface area contributed by atoms with Gasteiger partial charge in [0.2, 0.25) is 11.9 Å². The Balaban J connectivity index is 1.28. The van der Waals surface area contributed by atoms with Crippen LogP contribution in [0.5, 0.6) is 11.5 Å². The number of fused-ring (bicyclic) bond motifs is 2. The number of rotatable bonds is 5. The highest BCUT2D eigenvalue weighted by atomic mass is 19.1. The average molecular weight is 459 g/mol. The Kier molecular flexibility index (Phi) is 5.86. The van der Waals surface area contributed by atoms with E-state index in [0.717, 1.165) is 12.5 Å². The molecule has 9 nitrogen and oxygen atoms in total. The molecule has 3 atom stereocenters. The number of nitrogens with zero attached hydrogens (tertiary/aromatic N) is 4. The molecular weight excluding hydrogens is 427 g/mol. The Hall–Kier alpha value is -2.88. The van der Waals surface area contributed by atoms with Crippen LogP contribution in [0.4, 0.5) is 16.2 Å². The first-order chi connectivity index (χ1) is 16.0. The van der Waals surface area contributed by atoms with Gasteiger partial charge in [-0.25, -0.2) is 9.37 Å². The molecule has 3 aliphatic rings. The van der Waals surface area contributed by atoms with Crippen molar-refractivity contribution in [2.45, 2.75) is 31.7 Å². The number of nitrogens with one attached hydrogen (secondary N) is 1. The van der Waals surface area contributed by atoms with Crippen LogP contribution in [0.1, 0.15) is 25.7 Å². The van der Waals surface area contributed by atoms with Gasteiger partial charge in [0.05, 0.1) is 14.2 Å². The summed E-state index contributed by atoms with van der Waals surface area (Å²) >= 11 is 0. The normalized spacial score (nSPS) is 24.9. The first kappa shape index (κ1) is 21.9. The predicted octanol–water partition coefficient (Wildman–Crippen LogP) is 1.80. The lowest BCUT2D eigenvalue weighted by Gasteiger charge is -2.35. The Morgan fingerprint density at radius 3 is 2.73 bits per heavy atom. The number of amides is 1. The minimum Gasteiger partial charge on any atom is -0.493 e. The number of hydrogen-bond acceptors (Lipinski definition) is 8. The Morgan fingerprint density at radius 1 is 1.21 bits per heavy atom. The maximum absolute atomic E-state index is 15.1. The van der Waals surface area contributed by atoms with E-state index in [1.165, 1.54) is 33.5 Å². The third-order valence-electron chi connectivity index (χ3n) is 7.48. The molecular formula is C23H31FN6O3. The lowest BCUT2D eigenvalue weighted by atomic mass is 9.92. The number of methoxy groups -OCH3 is 2. The summed E-state index contributed by atoms with van der Waals surface area (Å²) in [7, 11) is 2.81. The van der Waals surface area contributed by atoms with Crippen molar-refractivity contribution < 1.29 is 18.7 Å². The van der Waals surface area contributed by atoms with Crippen molar-refractivity contribution in [3.05, 3.63) is 11.9 Å². The SMILES string of the molecule is COc1cc2c(N)nc(N3CCN(C(=O)C[C@@H]4NC[C@@H]5CCC[C@@H]54)CC3)nc2c(F)c1OC. The van der Waals surface area contributed by atoms with E-state index in [2.05, 4.69) is 15.3 Å². The number of benzene rings is 1. The zero-order valence-electron chi connectivity index (χ0n) is 19.1. The van der Waals surface area contributed by atoms with Gasteiger partial charge in [-0.05, 0) is 37.3 Å². The van der Waals surface area contributed by atoms with Crippen LogP contribution in [0.2, 0.25) is 0 Å². The fourth-order valence-electron chi connectivity index (χ4n) is 5.68. The number of aromatic nitrogens is 2. The number of anilines is 2. The van der Waals surface area contributed by atoms with Gasteiger partial charge in [-0.1, -0.05) is 6.42 Å². The number of nitrogen functional groups attached to an aromatic ring is 1. The van der Waals surface area contributed by atoms with Gasteiger partial charge in [-0.2, -0.15) is 4.98 Å². The molecule has 5 rings (SSSR count). The molecule has 1 aromatic carbocycles. The molecule has 0 unspecified atom stereocenters. The fraction of sp³-hybridized carbons (Fsp3) is 0.609. The van der Waals surface area contributed by atoms with Gasteiger partial charge in [-0.15, -0.1) is 0 Å². The summed E-state index contributed by atoms with van der Waals surface area (Å²) in [5, 5.41) is 3.93. The molecule has 0 radical (unpaired) electrons. The largest absolute Gasteiger partial charge is 0.493 e. The summed E-state index contributed by atoms with van der Waals surface area (Å²) in [6, 6.07) is 1.89. The van der Waals surface area contributed by atoms with Crippen LogP contribution in [0.15, 0.2) is 6.07 Å². The molecule has 33 heavy (non-hydrogen) atoms. The summed E-state index contributed by atoms with van der Waals surface area (Å²) in [6.07, 6.45) is 4.37. The minimum atomic E-state index is -0.634. The molecule has 1 aliphatic carbocycles. The number of halogens is 1. The Bertz CT molecular complexity index is 1060. The number of nitrogens with two attached hydrogens (primary N) is 1. The van der Waals surface area contributed by atoms with E-state index < -0.39 is 5.82 Å². The van der Waals surface area contributed by atoms with Crippen molar-refractivity contribution in [3.63, 3.8) is 0 Å². The van der Waals surface area contributed by atoms with E-state index in [1.807, 2.05) is 9.80 Å². The van der Waals surface area contributed by atoms with Gasteiger partial charge in [0.25, 0.3) is 0 Å². The molecule has 1 aromatic heterocycles. The van der Waals surface area contributed by atoms with Gasteiger partial charge in [0, 0.05) is 44.0 Å². The molecule has 3 heterocycles. The molecule has 3 N–H and O–H groups in total. The average Bonchev–Trinajstić information content (AvgIpc) is 3.44. The molecule has 2 saturated heterocycles. The van der Waals surface area contributed by atoms with Crippen molar-refractivity contribution in [1.29, 1.82) is 0 Å². The van der Waals surface area contributed by atoms with Gasteiger partial charge in [-0.3, -0.25) is 4.79 Å². The highest BCUT2D eigenvalue weighted by molar-refractivity contribution is 5.92. The molecule has 2 aromatic rings. The van der Waals surface area contributed by atoms with E-state index in [1.54, 1.807) is 6.07 Å². The van der Waals surface area contributed by atoms with Crippen LogP contribution in [-0.2, 0) is 4.79 Å². The number of piperazine rings is 1. The Labute approximate surface area is 192 Å². The lowest BCUT2D eigenvalue weighted by Crippen LogP contribution is -2.50. The summed E-state index contributed by atoms with van der Waals surface area (Å²) in [4.78, 5) is 25.6.